The molecule has 0 saturated heterocycles. The number of unbranched alkanes of at least 4 members (excludes halogenated alkanes) is 1. The predicted octanol–water partition coefficient (Wildman–Crippen LogP) is 6.63. The van der Waals surface area contributed by atoms with Crippen molar-refractivity contribution in [3.05, 3.63) is 78.1 Å². The van der Waals surface area contributed by atoms with Gasteiger partial charge in [0.05, 0.1) is 16.7 Å². The Morgan fingerprint density at radius 2 is 1.74 bits per heavy atom. The van der Waals surface area contributed by atoms with Crippen LogP contribution in [-0.2, 0) is 22.5 Å². The molecule has 1 heterocycles. The fourth-order valence-corrected chi connectivity index (χ4v) is 4.33. The smallest absolute Gasteiger partial charge is 0.428 e. The first-order chi connectivity index (χ1) is 18.6. The maximum absolute atomic E-state index is 12.3. The molecule has 0 aliphatic rings. The minimum absolute atomic E-state index is 0.238. The predicted molar refractivity (Wildman–Crippen MR) is 154 cm³/mol. The zero-order chi connectivity index (χ0) is 28.2. The summed E-state index contributed by atoms with van der Waals surface area (Å²) in [7, 11) is 0. The summed E-state index contributed by atoms with van der Waals surface area (Å²) in [6.45, 7) is 9.63. The number of ether oxygens (including phenoxy) is 2. The lowest BCUT2D eigenvalue weighted by atomic mass is 10.0. The SMILES string of the molecule is CCCCc1nc2cc(N(N)C(C)=O)ccc2n1Cc1ccc(-c2ccccc2OC(=O)OC(C)(C)C)cc1. The van der Waals surface area contributed by atoms with Crippen LogP contribution in [0.15, 0.2) is 66.7 Å². The van der Waals surface area contributed by atoms with Crippen molar-refractivity contribution >= 4 is 28.8 Å². The van der Waals surface area contributed by atoms with Gasteiger partial charge in [-0.3, -0.25) is 4.79 Å². The lowest BCUT2D eigenvalue weighted by Gasteiger charge is -2.19. The second-order valence-electron chi connectivity index (χ2n) is 10.5. The first-order valence-electron chi connectivity index (χ1n) is 13.2. The van der Waals surface area contributed by atoms with Crippen molar-refractivity contribution in [2.75, 3.05) is 5.01 Å². The summed E-state index contributed by atoms with van der Waals surface area (Å²) in [5, 5.41) is 1.13. The van der Waals surface area contributed by atoms with Crippen LogP contribution < -0.4 is 15.6 Å². The van der Waals surface area contributed by atoms with Gasteiger partial charge in [0.15, 0.2) is 0 Å². The number of hydrazine groups is 1. The molecule has 204 valence electrons. The number of carbonyl (C=O) groups excluding carboxylic acids is 2. The normalized spacial score (nSPS) is 11.4. The Kier molecular flexibility index (Phi) is 8.35. The van der Waals surface area contributed by atoms with Crippen molar-refractivity contribution in [3.63, 3.8) is 0 Å². The maximum atomic E-state index is 12.3. The minimum atomic E-state index is -0.734. The van der Waals surface area contributed by atoms with Gasteiger partial charge in [-0.1, -0.05) is 55.8 Å². The van der Waals surface area contributed by atoms with E-state index in [0.29, 0.717) is 18.0 Å². The standard InChI is InChI=1S/C31H36N4O4/c1-6-7-12-29-33-26-19-24(35(32)21(2)36)17-18-27(26)34(29)20-22-13-15-23(16-14-22)25-10-8-9-11-28(25)38-30(37)39-31(3,4)5/h8-11,13-19H,6-7,12,20,32H2,1-5H3. The molecule has 8 heteroatoms. The fraction of sp³-hybridized carbons (Fsp3) is 0.323. The monoisotopic (exact) mass is 528 g/mol. The van der Waals surface area contributed by atoms with E-state index in [9.17, 15) is 9.59 Å². The van der Waals surface area contributed by atoms with Crippen LogP contribution in [-0.4, -0.2) is 27.2 Å². The number of hydrogen-bond donors (Lipinski definition) is 1. The molecule has 0 aliphatic heterocycles. The average Bonchev–Trinajstić information content (AvgIpc) is 3.22. The topological polar surface area (TPSA) is 99.7 Å². The van der Waals surface area contributed by atoms with E-state index < -0.39 is 11.8 Å². The number of nitrogens with zero attached hydrogens (tertiary/aromatic N) is 3. The molecule has 4 rings (SSSR count). The number of amides is 1. The molecule has 4 aromatic rings. The third kappa shape index (κ3) is 6.83. The number of para-hydroxylation sites is 1. The summed E-state index contributed by atoms with van der Waals surface area (Å²) in [6, 6.07) is 21.3. The highest BCUT2D eigenvalue weighted by atomic mass is 16.7. The number of benzene rings is 3. The van der Waals surface area contributed by atoms with E-state index in [-0.39, 0.29) is 5.91 Å². The molecule has 1 aromatic heterocycles. The first kappa shape index (κ1) is 27.9. The third-order valence-electron chi connectivity index (χ3n) is 6.26. The van der Waals surface area contributed by atoms with E-state index in [1.54, 1.807) is 26.8 Å². The van der Waals surface area contributed by atoms with Crippen LogP contribution in [0.25, 0.3) is 22.2 Å². The van der Waals surface area contributed by atoms with Crippen LogP contribution in [0.4, 0.5) is 10.5 Å². The molecule has 2 N–H and O–H groups in total. The molecule has 0 saturated carbocycles. The highest BCUT2D eigenvalue weighted by Crippen LogP contribution is 2.31. The van der Waals surface area contributed by atoms with Crippen molar-refractivity contribution in [2.45, 2.75) is 66.0 Å². The lowest BCUT2D eigenvalue weighted by molar-refractivity contribution is -0.116. The van der Waals surface area contributed by atoms with Gasteiger partial charge >= 0.3 is 6.16 Å². The number of imidazole rings is 1. The zero-order valence-electron chi connectivity index (χ0n) is 23.2. The number of rotatable bonds is 8. The molecular weight excluding hydrogens is 492 g/mol. The number of carbonyl (C=O) groups is 2. The Balaban J connectivity index is 1.60. The van der Waals surface area contributed by atoms with Gasteiger partial charge in [0.25, 0.3) is 0 Å². The summed E-state index contributed by atoms with van der Waals surface area (Å²) < 4.78 is 13.1. The number of aryl methyl sites for hydroxylation is 1. The Bertz CT molecular complexity index is 1470. The number of nitrogens with two attached hydrogens (primary N) is 1. The Hall–Kier alpha value is -4.17. The fourth-order valence-electron chi connectivity index (χ4n) is 4.33. The second kappa shape index (κ2) is 11.7. The van der Waals surface area contributed by atoms with E-state index in [4.69, 9.17) is 20.3 Å². The molecule has 0 radical (unpaired) electrons. The van der Waals surface area contributed by atoms with Gasteiger partial charge in [-0.25, -0.2) is 20.6 Å². The number of hydrogen-bond acceptors (Lipinski definition) is 6. The summed E-state index contributed by atoms with van der Waals surface area (Å²) in [6.07, 6.45) is 2.21. The maximum Gasteiger partial charge on any atom is 0.514 e. The van der Waals surface area contributed by atoms with Crippen LogP contribution in [0, 0.1) is 0 Å². The van der Waals surface area contributed by atoms with Crippen LogP contribution >= 0.6 is 0 Å². The lowest BCUT2D eigenvalue weighted by Crippen LogP contribution is -2.35. The molecule has 0 unspecified atom stereocenters. The molecule has 39 heavy (non-hydrogen) atoms. The number of fused-ring (bicyclic) bond motifs is 1. The van der Waals surface area contributed by atoms with E-state index >= 15 is 0 Å². The summed E-state index contributed by atoms with van der Waals surface area (Å²) in [5.74, 6) is 7.12. The van der Waals surface area contributed by atoms with Gasteiger partial charge in [-0.05, 0) is 62.6 Å². The Labute approximate surface area is 229 Å². The van der Waals surface area contributed by atoms with Gasteiger partial charge in [0.1, 0.15) is 17.2 Å². The van der Waals surface area contributed by atoms with E-state index in [1.165, 1.54) is 6.92 Å². The first-order valence-corrected chi connectivity index (χ1v) is 13.2. The minimum Gasteiger partial charge on any atom is -0.428 e. The van der Waals surface area contributed by atoms with Crippen molar-refractivity contribution in [2.24, 2.45) is 5.84 Å². The molecule has 3 aromatic carbocycles. The Morgan fingerprint density at radius 3 is 2.41 bits per heavy atom. The summed E-state index contributed by atoms with van der Waals surface area (Å²) in [4.78, 5) is 28.9. The quantitative estimate of drug-likeness (QED) is 0.0905. The number of aromatic nitrogens is 2. The van der Waals surface area contributed by atoms with E-state index in [2.05, 4.69) is 23.6 Å². The Morgan fingerprint density at radius 1 is 1.03 bits per heavy atom. The molecular formula is C31H36N4O4. The van der Waals surface area contributed by atoms with Gasteiger partial charge in [-0.2, -0.15) is 0 Å². The number of anilines is 1. The van der Waals surface area contributed by atoms with Crippen LogP contribution in [0.1, 0.15) is 58.8 Å². The molecule has 0 bridgehead atoms. The van der Waals surface area contributed by atoms with Gasteiger partial charge in [0, 0.05) is 25.5 Å². The third-order valence-corrected chi connectivity index (χ3v) is 6.26. The van der Waals surface area contributed by atoms with Gasteiger partial charge < -0.3 is 14.0 Å². The van der Waals surface area contributed by atoms with Gasteiger partial charge in [-0.15, -0.1) is 0 Å². The van der Waals surface area contributed by atoms with E-state index in [1.807, 2.05) is 48.5 Å². The molecule has 1 amide bonds. The van der Waals surface area contributed by atoms with E-state index in [0.717, 1.165) is 57.8 Å². The molecule has 0 aliphatic carbocycles. The van der Waals surface area contributed by atoms with Crippen molar-refractivity contribution in [1.29, 1.82) is 0 Å². The molecule has 8 nitrogen and oxygen atoms in total. The van der Waals surface area contributed by atoms with Crippen molar-refractivity contribution in [3.8, 4) is 16.9 Å². The average molecular weight is 529 g/mol. The van der Waals surface area contributed by atoms with Crippen LogP contribution in [0.5, 0.6) is 5.75 Å². The van der Waals surface area contributed by atoms with Crippen molar-refractivity contribution < 1.29 is 19.1 Å². The summed E-state index contributed by atoms with van der Waals surface area (Å²) in [5.41, 5.74) is 4.60. The molecule has 0 atom stereocenters. The van der Waals surface area contributed by atoms with Crippen LogP contribution in [0.3, 0.4) is 0 Å². The van der Waals surface area contributed by atoms with Crippen molar-refractivity contribution in [1.82, 2.24) is 9.55 Å². The largest absolute Gasteiger partial charge is 0.514 e. The van der Waals surface area contributed by atoms with Crippen LogP contribution in [0.2, 0.25) is 0 Å². The molecule has 0 fully saturated rings. The highest BCUT2D eigenvalue weighted by Gasteiger charge is 2.20. The van der Waals surface area contributed by atoms with Gasteiger partial charge in [0.2, 0.25) is 5.91 Å². The summed E-state index contributed by atoms with van der Waals surface area (Å²) >= 11 is 0. The highest BCUT2D eigenvalue weighted by molar-refractivity contribution is 5.92. The zero-order valence-corrected chi connectivity index (χ0v) is 23.2. The second-order valence-corrected chi connectivity index (χ2v) is 10.5. The molecule has 0 spiro atoms.